The number of ether oxygens (including phenoxy) is 1. The molecule has 162 valence electrons. The molecule has 0 fully saturated rings. The van der Waals surface area contributed by atoms with E-state index in [2.05, 4.69) is 0 Å². The number of anilines is 1. The Morgan fingerprint density at radius 2 is 1.90 bits per heavy atom. The van der Waals surface area contributed by atoms with Crippen molar-refractivity contribution in [2.24, 2.45) is 5.73 Å². The number of nitrogens with two attached hydrogens (primary N) is 1. The lowest BCUT2D eigenvalue weighted by Crippen LogP contribution is -2.30. The molecular formula is C23H21F3N2O2S. The SMILES string of the molecule is NCCC(=O)N1CCc2cc(OCc3cc(-c4ccccc4)c(C(F)(F)F)s3)ccc21. The molecule has 0 radical (unpaired) electrons. The van der Waals surface area contributed by atoms with Crippen LogP contribution in [0, 0.1) is 0 Å². The lowest BCUT2D eigenvalue weighted by Gasteiger charge is -2.17. The third kappa shape index (κ3) is 4.60. The van der Waals surface area contributed by atoms with Crippen molar-refractivity contribution in [2.75, 3.05) is 18.0 Å². The molecule has 4 nitrogen and oxygen atoms in total. The Labute approximate surface area is 182 Å². The van der Waals surface area contributed by atoms with Crippen molar-refractivity contribution in [1.29, 1.82) is 0 Å². The van der Waals surface area contributed by atoms with Crippen molar-refractivity contribution in [1.82, 2.24) is 0 Å². The van der Waals surface area contributed by atoms with Crippen LogP contribution >= 0.6 is 11.3 Å². The number of thiophene rings is 1. The van der Waals surface area contributed by atoms with Gasteiger partial charge in [-0.2, -0.15) is 13.2 Å². The number of benzene rings is 2. The molecule has 0 unspecified atom stereocenters. The Morgan fingerprint density at radius 1 is 1.13 bits per heavy atom. The molecule has 2 aromatic carbocycles. The summed E-state index contributed by atoms with van der Waals surface area (Å²) in [6.45, 7) is 0.935. The number of halogens is 3. The van der Waals surface area contributed by atoms with Crippen LogP contribution in [0.4, 0.5) is 18.9 Å². The summed E-state index contributed by atoms with van der Waals surface area (Å²) in [6, 6.07) is 15.5. The van der Waals surface area contributed by atoms with E-state index >= 15 is 0 Å². The van der Waals surface area contributed by atoms with Gasteiger partial charge in [-0.05, 0) is 41.8 Å². The van der Waals surface area contributed by atoms with Gasteiger partial charge in [-0.15, -0.1) is 11.3 Å². The van der Waals surface area contributed by atoms with Gasteiger partial charge >= 0.3 is 6.18 Å². The van der Waals surface area contributed by atoms with Gasteiger partial charge in [0.05, 0.1) is 0 Å². The fourth-order valence-corrected chi connectivity index (χ4v) is 4.66. The van der Waals surface area contributed by atoms with Gasteiger partial charge in [-0.1, -0.05) is 30.3 Å². The molecule has 0 atom stereocenters. The average Bonchev–Trinajstić information content (AvgIpc) is 3.37. The van der Waals surface area contributed by atoms with Crippen molar-refractivity contribution in [2.45, 2.75) is 25.6 Å². The molecule has 3 aromatic rings. The number of carbonyl (C=O) groups excluding carboxylic acids is 1. The highest BCUT2D eigenvalue weighted by molar-refractivity contribution is 7.12. The molecule has 1 amide bonds. The highest BCUT2D eigenvalue weighted by Gasteiger charge is 2.36. The number of carbonyl (C=O) groups is 1. The van der Waals surface area contributed by atoms with Gasteiger partial charge in [0, 0.05) is 35.6 Å². The lowest BCUT2D eigenvalue weighted by atomic mass is 10.1. The van der Waals surface area contributed by atoms with Crippen LogP contribution in [0.15, 0.2) is 54.6 Å². The van der Waals surface area contributed by atoms with E-state index in [-0.39, 0.29) is 18.1 Å². The number of hydrogen-bond donors (Lipinski definition) is 1. The van der Waals surface area contributed by atoms with Crippen LogP contribution in [0.1, 0.15) is 21.7 Å². The molecule has 0 aliphatic carbocycles. The average molecular weight is 446 g/mol. The second-order valence-corrected chi connectivity index (χ2v) is 8.37. The van der Waals surface area contributed by atoms with E-state index in [9.17, 15) is 18.0 Å². The monoisotopic (exact) mass is 446 g/mol. The van der Waals surface area contributed by atoms with Gasteiger partial charge in [-0.3, -0.25) is 4.79 Å². The minimum Gasteiger partial charge on any atom is -0.488 e. The second kappa shape index (κ2) is 8.72. The summed E-state index contributed by atoms with van der Waals surface area (Å²) in [5, 5.41) is 0. The van der Waals surface area contributed by atoms with Crippen LogP contribution in [0.5, 0.6) is 5.75 Å². The van der Waals surface area contributed by atoms with E-state index in [0.29, 0.717) is 53.5 Å². The maximum Gasteiger partial charge on any atom is 0.426 e. The zero-order chi connectivity index (χ0) is 22.0. The summed E-state index contributed by atoms with van der Waals surface area (Å²) >= 11 is 0.701. The first-order chi connectivity index (χ1) is 14.9. The van der Waals surface area contributed by atoms with E-state index in [4.69, 9.17) is 10.5 Å². The zero-order valence-corrected chi connectivity index (χ0v) is 17.4. The fraction of sp³-hybridized carbons (Fsp3) is 0.261. The molecule has 0 bridgehead atoms. The van der Waals surface area contributed by atoms with Crippen molar-refractivity contribution in [3.05, 3.63) is 69.9 Å². The number of amides is 1. The van der Waals surface area contributed by atoms with Crippen LogP contribution in [-0.2, 0) is 24.0 Å². The highest BCUT2D eigenvalue weighted by Crippen LogP contribution is 2.43. The van der Waals surface area contributed by atoms with E-state index < -0.39 is 11.1 Å². The first kappa shape index (κ1) is 21.4. The van der Waals surface area contributed by atoms with Gasteiger partial charge in [0.1, 0.15) is 17.2 Å². The Kier molecular flexibility index (Phi) is 6.02. The van der Waals surface area contributed by atoms with E-state index in [1.165, 1.54) is 0 Å². The Bertz CT molecular complexity index is 1080. The lowest BCUT2D eigenvalue weighted by molar-refractivity contribution is -0.133. The third-order valence-electron chi connectivity index (χ3n) is 5.11. The Balaban J connectivity index is 1.51. The predicted octanol–water partition coefficient (Wildman–Crippen LogP) is 5.25. The standard InChI is InChI=1S/C23H21F3N2O2S/c24-23(25,26)22-19(15-4-2-1-3-5-15)13-18(31-22)14-30-17-6-7-20-16(12-17)9-11-28(20)21(29)8-10-27/h1-7,12-13H,8-11,14,27H2. The first-order valence-corrected chi connectivity index (χ1v) is 10.7. The minimum atomic E-state index is -4.43. The van der Waals surface area contributed by atoms with Crippen LogP contribution < -0.4 is 15.4 Å². The maximum atomic E-state index is 13.5. The van der Waals surface area contributed by atoms with E-state index in [0.717, 1.165) is 11.3 Å². The predicted molar refractivity (Wildman–Crippen MR) is 115 cm³/mol. The van der Waals surface area contributed by atoms with Gasteiger partial charge in [-0.25, -0.2) is 0 Å². The van der Waals surface area contributed by atoms with E-state index in [1.807, 2.05) is 12.1 Å². The maximum absolute atomic E-state index is 13.5. The summed E-state index contributed by atoms with van der Waals surface area (Å²) < 4.78 is 46.4. The number of nitrogens with zero attached hydrogens (tertiary/aromatic N) is 1. The van der Waals surface area contributed by atoms with Gasteiger partial charge in [0.15, 0.2) is 0 Å². The first-order valence-electron chi connectivity index (χ1n) is 9.88. The molecule has 0 saturated heterocycles. The van der Waals surface area contributed by atoms with Crippen LogP contribution in [0.2, 0.25) is 0 Å². The number of alkyl halides is 3. The summed E-state index contributed by atoms with van der Waals surface area (Å²) in [5.74, 6) is 0.553. The molecule has 1 aliphatic heterocycles. The molecular weight excluding hydrogens is 425 g/mol. The van der Waals surface area contributed by atoms with Gasteiger partial charge in [0.25, 0.3) is 0 Å². The van der Waals surface area contributed by atoms with Crippen molar-refractivity contribution in [3.8, 4) is 16.9 Å². The highest BCUT2D eigenvalue weighted by atomic mass is 32.1. The molecule has 2 heterocycles. The van der Waals surface area contributed by atoms with E-state index in [1.54, 1.807) is 47.4 Å². The third-order valence-corrected chi connectivity index (χ3v) is 6.27. The molecule has 0 saturated carbocycles. The largest absolute Gasteiger partial charge is 0.488 e. The number of hydrogen-bond acceptors (Lipinski definition) is 4. The molecule has 8 heteroatoms. The molecule has 31 heavy (non-hydrogen) atoms. The summed E-state index contributed by atoms with van der Waals surface area (Å²) in [4.78, 5) is 13.7. The molecule has 2 N–H and O–H groups in total. The van der Waals surface area contributed by atoms with Gasteiger partial charge < -0.3 is 15.4 Å². The van der Waals surface area contributed by atoms with Crippen molar-refractivity contribution < 1.29 is 22.7 Å². The quantitative estimate of drug-likeness (QED) is 0.563. The normalized spacial score (nSPS) is 13.4. The molecule has 1 aromatic heterocycles. The van der Waals surface area contributed by atoms with Crippen molar-refractivity contribution >= 4 is 22.9 Å². The molecule has 0 spiro atoms. The minimum absolute atomic E-state index is 0.0124. The van der Waals surface area contributed by atoms with Crippen LogP contribution in [-0.4, -0.2) is 19.0 Å². The smallest absolute Gasteiger partial charge is 0.426 e. The Hall–Kier alpha value is -2.84. The Morgan fingerprint density at radius 3 is 2.61 bits per heavy atom. The topological polar surface area (TPSA) is 55.6 Å². The van der Waals surface area contributed by atoms with Gasteiger partial charge in [0.2, 0.25) is 5.91 Å². The summed E-state index contributed by atoms with van der Waals surface area (Å²) in [5.41, 5.74) is 7.99. The summed E-state index contributed by atoms with van der Waals surface area (Å²) in [7, 11) is 0. The van der Waals surface area contributed by atoms with Crippen LogP contribution in [0.25, 0.3) is 11.1 Å². The number of rotatable bonds is 6. The summed E-state index contributed by atoms with van der Waals surface area (Å²) in [6.07, 6.45) is -3.43. The number of fused-ring (bicyclic) bond motifs is 1. The molecule has 4 rings (SSSR count). The molecule has 1 aliphatic rings. The zero-order valence-electron chi connectivity index (χ0n) is 16.6. The second-order valence-electron chi connectivity index (χ2n) is 7.23. The fourth-order valence-electron chi connectivity index (χ4n) is 3.70. The van der Waals surface area contributed by atoms with Crippen LogP contribution in [0.3, 0.4) is 0 Å². The van der Waals surface area contributed by atoms with Crippen molar-refractivity contribution in [3.63, 3.8) is 0 Å².